The molecule has 0 aliphatic carbocycles. The van der Waals surface area contributed by atoms with Crippen molar-refractivity contribution in [2.75, 3.05) is 26.7 Å². The number of rotatable bonds is 6. The maximum Gasteiger partial charge on any atom is 0.401 e. The number of halogens is 3. The number of primary amides is 1. The fraction of sp³-hybridized carbons (Fsp3) is 0.875. The maximum atomic E-state index is 12.1. The minimum absolute atomic E-state index is 0.0398. The van der Waals surface area contributed by atoms with Crippen molar-refractivity contribution in [3.05, 3.63) is 0 Å². The Kier molecular flexibility index (Phi) is 5.59. The molecule has 0 bridgehead atoms. The van der Waals surface area contributed by atoms with Gasteiger partial charge in [-0.1, -0.05) is 6.92 Å². The molecule has 7 heteroatoms. The minimum atomic E-state index is -4.26. The molecule has 0 aromatic carbocycles. The molecular formula is C8H16F3N3O. The number of nitrogens with two attached hydrogens (primary N) is 1. The molecule has 0 aromatic rings. The van der Waals surface area contributed by atoms with Crippen molar-refractivity contribution in [1.82, 2.24) is 10.2 Å². The van der Waals surface area contributed by atoms with Crippen LogP contribution in [0.2, 0.25) is 0 Å². The number of carbonyl (C=O) groups is 1. The first kappa shape index (κ1) is 14.2. The van der Waals surface area contributed by atoms with E-state index in [2.05, 4.69) is 5.32 Å². The number of nitrogens with zero attached hydrogens (tertiary/aromatic N) is 1. The standard InChI is InChI=1S/C8H16F3N3O/c1-3-14(5-8(9,10)11)4-6(13-2)7(12)15/h6,13H,3-5H2,1-2H3,(H2,12,15). The molecule has 90 valence electrons. The topological polar surface area (TPSA) is 58.4 Å². The molecule has 4 nitrogen and oxygen atoms in total. The number of hydrogen-bond acceptors (Lipinski definition) is 3. The second-order valence-electron chi connectivity index (χ2n) is 3.19. The molecule has 0 radical (unpaired) electrons. The van der Waals surface area contributed by atoms with Crippen LogP contribution in [0.3, 0.4) is 0 Å². The van der Waals surface area contributed by atoms with Gasteiger partial charge in [-0.15, -0.1) is 0 Å². The smallest absolute Gasteiger partial charge is 0.368 e. The third-order valence-electron chi connectivity index (χ3n) is 1.98. The molecule has 0 spiro atoms. The van der Waals surface area contributed by atoms with Gasteiger partial charge in [0.15, 0.2) is 0 Å². The van der Waals surface area contributed by atoms with E-state index in [1.54, 1.807) is 6.92 Å². The molecule has 0 fully saturated rings. The van der Waals surface area contributed by atoms with Gasteiger partial charge in [-0.3, -0.25) is 9.69 Å². The highest BCUT2D eigenvalue weighted by atomic mass is 19.4. The number of carbonyl (C=O) groups excluding carboxylic acids is 1. The monoisotopic (exact) mass is 227 g/mol. The summed E-state index contributed by atoms with van der Waals surface area (Å²) in [5.74, 6) is -0.655. The van der Waals surface area contributed by atoms with Crippen LogP contribution in [-0.2, 0) is 4.79 Å². The van der Waals surface area contributed by atoms with Gasteiger partial charge in [0.05, 0.1) is 12.6 Å². The summed E-state index contributed by atoms with van der Waals surface area (Å²) in [6.07, 6.45) is -4.26. The molecule has 0 rings (SSSR count). The van der Waals surface area contributed by atoms with Gasteiger partial charge in [-0.25, -0.2) is 0 Å². The molecule has 3 N–H and O–H groups in total. The van der Waals surface area contributed by atoms with Gasteiger partial charge >= 0.3 is 6.18 Å². The van der Waals surface area contributed by atoms with Crippen LogP contribution in [0, 0.1) is 0 Å². The zero-order chi connectivity index (χ0) is 12.1. The van der Waals surface area contributed by atoms with E-state index in [4.69, 9.17) is 5.73 Å². The van der Waals surface area contributed by atoms with Gasteiger partial charge in [0.2, 0.25) is 5.91 Å². The van der Waals surface area contributed by atoms with Crippen LogP contribution >= 0.6 is 0 Å². The first-order valence-electron chi connectivity index (χ1n) is 4.55. The lowest BCUT2D eigenvalue weighted by molar-refractivity contribution is -0.147. The fourth-order valence-electron chi connectivity index (χ4n) is 1.14. The van der Waals surface area contributed by atoms with E-state index in [1.807, 2.05) is 0 Å². The van der Waals surface area contributed by atoms with Gasteiger partial charge in [-0.2, -0.15) is 13.2 Å². The summed E-state index contributed by atoms with van der Waals surface area (Å²) in [5.41, 5.74) is 5.00. The Morgan fingerprint density at radius 3 is 2.33 bits per heavy atom. The largest absolute Gasteiger partial charge is 0.401 e. The van der Waals surface area contributed by atoms with Crippen molar-refractivity contribution in [2.45, 2.75) is 19.1 Å². The van der Waals surface area contributed by atoms with Crippen molar-refractivity contribution in [3.8, 4) is 0 Å². The lowest BCUT2D eigenvalue weighted by Gasteiger charge is -2.25. The number of alkyl halides is 3. The summed E-state index contributed by atoms with van der Waals surface area (Å²) in [6.45, 7) is 0.737. The predicted octanol–water partition coefficient (Wildman–Crippen LogP) is -0.0561. The summed E-state index contributed by atoms with van der Waals surface area (Å²) in [5, 5.41) is 2.57. The third kappa shape index (κ3) is 6.29. The van der Waals surface area contributed by atoms with Gasteiger partial charge < -0.3 is 11.1 Å². The predicted molar refractivity (Wildman–Crippen MR) is 50.2 cm³/mol. The summed E-state index contributed by atoms with van der Waals surface area (Å²) in [4.78, 5) is 11.9. The molecular weight excluding hydrogens is 211 g/mol. The average Bonchev–Trinajstić information content (AvgIpc) is 2.09. The van der Waals surface area contributed by atoms with Crippen LogP contribution in [0.5, 0.6) is 0 Å². The van der Waals surface area contributed by atoms with Gasteiger partial charge in [0.25, 0.3) is 0 Å². The first-order valence-corrected chi connectivity index (χ1v) is 4.55. The van der Waals surface area contributed by atoms with Crippen LogP contribution in [0.25, 0.3) is 0 Å². The SMILES string of the molecule is CCN(CC(NC)C(N)=O)CC(F)(F)F. The van der Waals surface area contributed by atoms with Crippen molar-refractivity contribution in [2.24, 2.45) is 5.73 Å². The molecule has 0 aliphatic rings. The van der Waals surface area contributed by atoms with Crippen LogP contribution in [0.4, 0.5) is 13.2 Å². The Balaban J connectivity index is 4.25. The van der Waals surface area contributed by atoms with E-state index in [9.17, 15) is 18.0 Å². The van der Waals surface area contributed by atoms with Crippen LogP contribution in [-0.4, -0.2) is 49.7 Å². The Morgan fingerprint density at radius 1 is 1.53 bits per heavy atom. The number of hydrogen-bond donors (Lipinski definition) is 2. The van der Waals surface area contributed by atoms with E-state index >= 15 is 0 Å². The van der Waals surface area contributed by atoms with Gasteiger partial charge in [0.1, 0.15) is 0 Å². The van der Waals surface area contributed by atoms with Crippen molar-refractivity contribution < 1.29 is 18.0 Å². The molecule has 0 saturated carbocycles. The summed E-state index contributed by atoms with van der Waals surface area (Å²) < 4.78 is 36.2. The fourth-order valence-corrected chi connectivity index (χ4v) is 1.14. The molecule has 0 aromatic heterocycles. The van der Waals surface area contributed by atoms with Crippen molar-refractivity contribution >= 4 is 5.91 Å². The highest BCUT2D eigenvalue weighted by molar-refractivity contribution is 5.80. The highest BCUT2D eigenvalue weighted by Crippen LogP contribution is 2.16. The normalized spacial score (nSPS) is 14.3. The molecule has 0 aliphatic heterocycles. The highest BCUT2D eigenvalue weighted by Gasteiger charge is 2.31. The lowest BCUT2D eigenvalue weighted by atomic mass is 10.2. The number of likely N-dealkylation sites (N-methyl/N-ethyl adjacent to an activating group) is 2. The van der Waals surface area contributed by atoms with E-state index < -0.39 is 24.7 Å². The summed E-state index contributed by atoms with van der Waals surface area (Å²) in [7, 11) is 1.48. The molecule has 1 amide bonds. The Hall–Kier alpha value is -0.820. The molecule has 0 saturated heterocycles. The third-order valence-corrected chi connectivity index (χ3v) is 1.98. The molecule has 1 atom stereocenters. The van der Waals surface area contributed by atoms with Crippen molar-refractivity contribution in [3.63, 3.8) is 0 Å². The van der Waals surface area contributed by atoms with Crippen LogP contribution in [0.1, 0.15) is 6.92 Å². The van der Waals surface area contributed by atoms with Crippen LogP contribution < -0.4 is 11.1 Å². The Bertz CT molecular complexity index is 208. The molecule has 1 unspecified atom stereocenters. The first-order chi connectivity index (χ1) is 6.80. The Labute approximate surface area is 86.6 Å². The average molecular weight is 227 g/mol. The summed E-state index contributed by atoms with van der Waals surface area (Å²) in [6, 6.07) is -0.757. The summed E-state index contributed by atoms with van der Waals surface area (Å²) >= 11 is 0. The zero-order valence-electron chi connectivity index (χ0n) is 8.77. The molecule has 15 heavy (non-hydrogen) atoms. The van der Waals surface area contributed by atoms with E-state index in [0.717, 1.165) is 4.90 Å². The van der Waals surface area contributed by atoms with Gasteiger partial charge in [0, 0.05) is 6.54 Å². The van der Waals surface area contributed by atoms with Gasteiger partial charge in [-0.05, 0) is 13.6 Å². The van der Waals surface area contributed by atoms with E-state index in [-0.39, 0.29) is 13.1 Å². The minimum Gasteiger partial charge on any atom is -0.368 e. The lowest BCUT2D eigenvalue weighted by Crippen LogP contribution is -2.49. The zero-order valence-corrected chi connectivity index (χ0v) is 8.77. The number of amides is 1. The maximum absolute atomic E-state index is 12.1. The molecule has 0 heterocycles. The van der Waals surface area contributed by atoms with Crippen LogP contribution in [0.15, 0.2) is 0 Å². The number of nitrogens with one attached hydrogen (secondary N) is 1. The second kappa shape index (κ2) is 5.92. The second-order valence-corrected chi connectivity index (χ2v) is 3.19. The van der Waals surface area contributed by atoms with E-state index in [1.165, 1.54) is 7.05 Å². The van der Waals surface area contributed by atoms with Crippen molar-refractivity contribution in [1.29, 1.82) is 0 Å². The quantitative estimate of drug-likeness (QED) is 0.668. The van der Waals surface area contributed by atoms with E-state index in [0.29, 0.717) is 0 Å². The Morgan fingerprint density at radius 2 is 2.07 bits per heavy atom.